The Morgan fingerprint density at radius 3 is 2.70 bits per heavy atom. The number of nitriles is 1. The second-order valence-electron chi connectivity index (χ2n) is 4.38. The minimum absolute atomic E-state index is 0.00141. The SMILES string of the molecule is N#CCn1c(=O)cc(-c2ccccc2)c2cccnc21. The van der Waals surface area contributed by atoms with E-state index in [9.17, 15) is 4.79 Å². The van der Waals surface area contributed by atoms with Crippen LogP contribution < -0.4 is 5.56 Å². The van der Waals surface area contributed by atoms with Gasteiger partial charge in [-0.25, -0.2) is 4.98 Å². The molecule has 0 aliphatic rings. The average molecular weight is 261 g/mol. The molecule has 0 spiro atoms. The molecule has 2 aromatic heterocycles. The van der Waals surface area contributed by atoms with Crippen molar-refractivity contribution in [1.29, 1.82) is 5.26 Å². The summed E-state index contributed by atoms with van der Waals surface area (Å²) in [6, 6.07) is 17.0. The maximum absolute atomic E-state index is 12.2. The number of benzene rings is 1. The first-order valence-electron chi connectivity index (χ1n) is 6.22. The first kappa shape index (κ1) is 12.1. The van der Waals surface area contributed by atoms with Gasteiger partial charge in [0.2, 0.25) is 0 Å². The van der Waals surface area contributed by atoms with Crippen LogP contribution in [0.3, 0.4) is 0 Å². The molecule has 1 aromatic carbocycles. The third-order valence-corrected chi connectivity index (χ3v) is 3.18. The zero-order valence-electron chi connectivity index (χ0n) is 10.7. The van der Waals surface area contributed by atoms with E-state index in [-0.39, 0.29) is 12.1 Å². The smallest absolute Gasteiger partial charge is 0.253 e. The Morgan fingerprint density at radius 1 is 1.15 bits per heavy atom. The van der Waals surface area contributed by atoms with Crippen molar-refractivity contribution in [3.8, 4) is 17.2 Å². The van der Waals surface area contributed by atoms with Gasteiger partial charge < -0.3 is 0 Å². The molecule has 3 aromatic rings. The van der Waals surface area contributed by atoms with E-state index in [0.29, 0.717) is 5.65 Å². The number of hydrogen-bond acceptors (Lipinski definition) is 3. The van der Waals surface area contributed by atoms with Crippen LogP contribution in [0.1, 0.15) is 0 Å². The fourth-order valence-electron chi connectivity index (χ4n) is 2.29. The van der Waals surface area contributed by atoms with Crippen molar-refractivity contribution in [2.45, 2.75) is 6.54 Å². The second kappa shape index (κ2) is 4.98. The standard InChI is InChI=1S/C16H11N3O/c17-8-10-19-15(20)11-14(12-5-2-1-3-6-12)13-7-4-9-18-16(13)19/h1-7,9,11H,10H2. The van der Waals surface area contributed by atoms with Gasteiger partial charge in [-0.2, -0.15) is 5.26 Å². The van der Waals surface area contributed by atoms with Crippen molar-refractivity contribution < 1.29 is 0 Å². The predicted octanol–water partition coefficient (Wildman–Crippen LogP) is 2.59. The van der Waals surface area contributed by atoms with E-state index in [1.165, 1.54) is 4.57 Å². The van der Waals surface area contributed by atoms with Crippen molar-refractivity contribution in [3.63, 3.8) is 0 Å². The Balaban J connectivity index is 2.39. The molecule has 0 radical (unpaired) electrons. The molecule has 0 amide bonds. The van der Waals surface area contributed by atoms with Crippen molar-refractivity contribution in [1.82, 2.24) is 9.55 Å². The van der Waals surface area contributed by atoms with Crippen molar-refractivity contribution >= 4 is 11.0 Å². The lowest BCUT2D eigenvalue weighted by Crippen LogP contribution is -2.20. The highest BCUT2D eigenvalue weighted by atomic mass is 16.1. The molecule has 0 atom stereocenters. The Morgan fingerprint density at radius 2 is 1.95 bits per heavy atom. The normalized spacial score (nSPS) is 10.3. The highest BCUT2D eigenvalue weighted by molar-refractivity contribution is 5.92. The monoisotopic (exact) mass is 261 g/mol. The summed E-state index contributed by atoms with van der Waals surface area (Å²) in [6.07, 6.45) is 1.63. The van der Waals surface area contributed by atoms with Crippen LogP contribution in [0, 0.1) is 11.3 Å². The first-order chi connectivity index (χ1) is 9.81. The quantitative estimate of drug-likeness (QED) is 0.712. The summed E-state index contributed by atoms with van der Waals surface area (Å²) in [6.45, 7) is 0.00141. The maximum Gasteiger partial charge on any atom is 0.253 e. The highest BCUT2D eigenvalue weighted by Crippen LogP contribution is 2.25. The predicted molar refractivity (Wildman–Crippen MR) is 77.1 cm³/mol. The number of fused-ring (bicyclic) bond motifs is 1. The highest BCUT2D eigenvalue weighted by Gasteiger charge is 2.10. The molecular weight excluding hydrogens is 250 g/mol. The van der Waals surface area contributed by atoms with E-state index in [4.69, 9.17) is 5.26 Å². The van der Waals surface area contributed by atoms with Gasteiger partial charge in [-0.15, -0.1) is 0 Å². The molecule has 4 nitrogen and oxygen atoms in total. The largest absolute Gasteiger partial charge is 0.279 e. The van der Waals surface area contributed by atoms with Gasteiger partial charge in [-0.3, -0.25) is 9.36 Å². The fraction of sp³-hybridized carbons (Fsp3) is 0.0625. The second-order valence-corrected chi connectivity index (χ2v) is 4.38. The number of nitrogens with zero attached hydrogens (tertiary/aromatic N) is 3. The number of pyridine rings is 2. The zero-order valence-corrected chi connectivity index (χ0v) is 10.7. The van der Waals surface area contributed by atoms with Crippen LogP contribution in [0.2, 0.25) is 0 Å². The lowest BCUT2D eigenvalue weighted by Gasteiger charge is -2.10. The van der Waals surface area contributed by atoms with Crippen LogP contribution in [0.15, 0.2) is 59.5 Å². The van der Waals surface area contributed by atoms with Gasteiger partial charge in [0.05, 0.1) is 6.07 Å². The number of hydrogen-bond donors (Lipinski definition) is 0. The van der Waals surface area contributed by atoms with E-state index in [0.717, 1.165) is 16.5 Å². The van der Waals surface area contributed by atoms with Crippen LogP contribution in [-0.2, 0) is 6.54 Å². The molecule has 0 N–H and O–H groups in total. The maximum atomic E-state index is 12.2. The Labute approximate surface area is 115 Å². The molecule has 2 heterocycles. The molecular formula is C16H11N3O. The van der Waals surface area contributed by atoms with Gasteiger partial charge in [-0.1, -0.05) is 30.3 Å². The molecule has 20 heavy (non-hydrogen) atoms. The molecule has 0 fully saturated rings. The van der Waals surface area contributed by atoms with Crippen LogP contribution in [0.5, 0.6) is 0 Å². The summed E-state index contributed by atoms with van der Waals surface area (Å²) < 4.78 is 1.39. The molecule has 3 rings (SSSR count). The molecule has 0 saturated heterocycles. The third-order valence-electron chi connectivity index (χ3n) is 3.18. The van der Waals surface area contributed by atoms with Crippen molar-refractivity contribution in [2.24, 2.45) is 0 Å². The van der Waals surface area contributed by atoms with Crippen molar-refractivity contribution in [2.75, 3.05) is 0 Å². The van der Waals surface area contributed by atoms with E-state index in [2.05, 4.69) is 4.98 Å². The Kier molecular flexibility index (Phi) is 3.02. The summed E-state index contributed by atoms with van der Waals surface area (Å²) in [5.74, 6) is 0. The summed E-state index contributed by atoms with van der Waals surface area (Å²) in [5.41, 5.74) is 2.14. The minimum atomic E-state index is -0.211. The molecule has 0 unspecified atom stereocenters. The molecule has 0 aliphatic carbocycles. The molecule has 0 bridgehead atoms. The zero-order chi connectivity index (χ0) is 13.9. The topological polar surface area (TPSA) is 58.7 Å². The van der Waals surface area contributed by atoms with E-state index < -0.39 is 0 Å². The minimum Gasteiger partial charge on any atom is -0.279 e. The van der Waals surface area contributed by atoms with Crippen LogP contribution in [-0.4, -0.2) is 9.55 Å². The first-order valence-corrected chi connectivity index (χ1v) is 6.22. The van der Waals surface area contributed by atoms with E-state index >= 15 is 0 Å². The summed E-state index contributed by atoms with van der Waals surface area (Å²) in [4.78, 5) is 16.4. The summed E-state index contributed by atoms with van der Waals surface area (Å²) in [7, 11) is 0. The summed E-state index contributed by atoms with van der Waals surface area (Å²) in [5, 5.41) is 9.72. The van der Waals surface area contributed by atoms with Crippen LogP contribution in [0.25, 0.3) is 22.2 Å². The van der Waals surface area contributed by atoms with Crippen LogP contribution >= 0.6 is 0 Å². The van der Waals surface area contributed by atoms with Crippen LogP contribution in [0.4, 0.5) is 0 Å². The van der Waals surface area contributed by atoms with Gasteiger partial charge >= 0.3 is 0 Å². The summed E-state index contributed by atoms with van der Waals surface area (Å²) >= 11 is 0. The van der Waals surface area contributed by atoms with Gasteiger partial charge in [0.15, 0.2) is 0 Å². The van der Waals surface area contributed by atoms with E-state index in [1.54, 1.807) is 12.3 Å². The van der Waals surface area contributed by atoms with Gasteiger partial charge in [0.25, 0.3) is 5.56 Å². The third kappa shape index (κ3) is 1.95. The average Bonchev–Trinajstić information content (AvgIpc) is 2.51. The van der Waals surface area contributed by atoms with Gasteiger partial charge in [-0.05, 0) is 23.3 Å². The molecule has 0 saturated carbocycles. The van der Waals surface area contributed by atoms with Crippen molar-refractivity contribution in [3.05, 3.63) is 65.1 Å². The Hall–Kier alpha value is -2.93. The molecule has 96 valence electrons. The van der Waals surface area contributed by atoms with E-state index in [1.807, 2.05) is 48.5 Å². The van der Waals surface area contributed by atoms with Gasteiger partial charge in [0, 0.05) is 17.6 Å². The lowest BCUT2D eigenvalue weighted by molar-refractivity contribution is 0.814. The fourth-order valence-corrected chi connectivity index (χ4v) is 2.29. The number of rotatable bonds is 2. The van der Waals surface area contributed by atoms with Gasteiger partial charge in [0.1, 0.15) is 12.2 Å². The molecule has 0 aliphatic heterocycles. The molecule has 4 heteroatoms. The lowest BCUT2D eigenvalue weighted by atomic mass is 10.0. The number of aromatic nitrogens is 2. The Bertz CT molecular complexity index is 860.